The first-order valence-corrected chi connectivity index (χ1v) is 8.32. The van der Waals surface area contributed by atoms with E-state index < -0.39 is 0 Å². The Morgan fingerprint density at radius 3 is 2.35 bits per heavy atom. The summed E-state index contributed by atoms with van der Waals surface area (Å²) in [4.78, 5) is 0. The summed E-state index contributed by atoms with van der Waals surface area (Å²) in [6, 6.07) is 15.2. The van der Waals surface area contributed by atoms with Gasteiger partial charge in [0.1, 0.15) is 0 Å². The first-order valence-electron chi connectivity index (χ1n) is 6.86. The molecule has 1 nitrogen and oxygen atoms in total. The number of halogens is 2. The molecule has 0 heterocycles. The van der Waals surface area contributed by atoms with Crippen LogP contribution in [-0.2, 0) is 0 Å². The zero-order valence-corrected chi connectivity index (χ0v) is 14.7. The summed E-state index contributed by atoms with van der Waals surface area (Å²) in [6.45, 7) is 5.28. The lowest BCUT2D eigenvalue weighted by Gasteiger charge is -2.20. The predicted octanol–water partition coefficient (Wildman–Crippen LogP) is 5.34. The van der Waals surface area contributed by atoms with Crippen LogP contribution in [0.1, 0.15) is 36.1 Å². The van der Waals surface area contributed by atoms with Crippen molar-refractivity contribution in [1.82, 2.24) is 5.32 Å². The van der Waals surface area contributed by atoms with Gasteiger partial charge in [-0.25, -0.2) is 0 Å². The molecule has 0 amide bonds. The van der Waals surface area contributed by atoms with Crippen LogP contribution in [0.15, 0.2) is 42.5 Å². The van der Waals surface area contributed by atoms with Crippen molar-refractivity contribution in [3.63, 3.8) is 0 Å². The smallest absolute Gasteiger partial charge is 0.0577 e. The average molecular weight is 400 g/mol. The molecule has 0 aromatic heterocycles. The maximum absolute atomic E-state index is 6.27. The van der Waals surface area contributed by atoms with Crippen LogP contribution in [0.3, 0.4) is 0 Å². The summed E-state index contributed by atoms with van der Waals surface area (Å²) >= 11 is 8.53. The molecule has 0 aliphatic carbocycles. The van der Waals surface area contributed by atoms with Gasteiger partial charge in [0.25, 0.3) is 0 Å². The maximum atomic E-state index is 6.27. The SMILES string of the molecule is CCCNC(c1ccc(C)cc1)c1ccc(I)c(Cl)c1. The largest absolute Gasteiger partial charge is 0.306 e. The number of benzene rings is 2. The highest BCUT2D eigenvalue weighted by Crippen LogP contribution is 2.27. The lowest BCUT2D eigenvalue weighted by molar-refractivity contribution is 0.598. The minimum Gasteiger partial charge on any atom is -0.306 e. The monoisotopic (exact) mass is 399 g/mol. The molecule has 0 saturated carbocycles. The molecule has 20 heavy (non-hydrogen) atoms. The Kier molecular flexibility index (Phi) is 5.87. The van der Waals surface area contributed by atoms with Crippen molar-refractivity contribution in [3.8, 4) is 0 Å². The van der Waals surface area contributed by atoms with Crippen LogP contribution in [-0.4, -0.2) is 6.54 Å². The molecule has 1 unspecified atom stereocenters. The Bertz CT molecular complexity index is 566. The molecule has 0 radical (unpaired) electrons. The van der Waals surface area contributed by atoms with Crippen molar-refractivity contribution >= 4 is 34.2 Å². The molecule has 0 spiro atoms. The van der Waals surface area contributed by atoms with E-state index in [0.29, 0.717) is 0 Å². The number of aryl methyl sites for hydroxylation is 1. The van der Waals surface area contributed by atoms with Gasteiger partial charge in [0.05, 0.1) is 11.1 Å². The highest BCUT2D eigenvalue weighted by molar-refractivity contribution is 14.1. The number of hydrogen-bond donors (Lipinski definition) is 1. The van der Waals surface area contributed by atoms with Gasteiger partial charge in [0.15, 0.2) is 0 Å². The van der Waals surface area contributed by atoms with Crippen LogP contribution >= 0.6 is 34.2 Å². The first kappa shape index (κ1) is 15.8. The van der Waals surface area contributed by atoms with Gasteiger partial charge >= 0.3 is 0 Å². The van der Waals surface area contributed by atoms with Crippen LogP contribution in [0.5, 0.6) is 0 Å². The first-order chi connectivity index (χ1) is 9.61. The second-order valence-electron chi connectivity index (χ2n) is 4.97. The lowest BCUT2D eigenvalue weighted by Crippen LogP contribution is -2.23. The highest BCUT2D eigenvalue weighted by Gasteiger charge is 2.14. The summed E-state index contributed by atoms with van der Waals surface area (Å²) in [6.07, 6.45) is 1.11. The van der Waals surface area contributed by atoms with Gasteiger partial charge in [0, 0.05) is 3.57 Å². The van der Waals surface area contributed by atoms with Crippen molar-refractivity contribution in [2.75, 3.05) is 6.54 Å². The zero-order valence-electron chi connectivity index (χ0n) is 11.8. The number of rotatable bonds is 5. The molecule has 0 saturated heterocycles. The molecule has 1 N–H and O–H groups in total. The number of nitrogens with one attached hydrogen (secondary N) is 1. The van der Waals surface area contributed by atoms with Crippen LogP contribution < -0.4 is 5.32 Å². The normalized spacial score (nSPS) is 12.4. The van der Waals surface area contributed by atoms with Crippen molar-refractivity contribution in [2.24, 2.45) is 0 Å². The van der Waals surface area contributed by atoms with Gasteiger partial charge in [-0.3, -0.25) is 0 Å². The summed E-state index contributed by atoms with van der Waals surface area (Å²) in [5.41, 5.74) is 3.78. The Morgan fingerprint density at radius 2 is 1.75 bits per heavy atom. The zero-order chi connectivity index (χ0) is 14.5. The van der Waals surface area contributed by atoms with Gasteiger partial charge in [-0.2, -0.15) is 0 Å². The molecule has 2 aromatic carbocycles. The molecule has 106 valence electrons. The Morgan fingerprint density at radius 1 is 1.10 bits per heavy atom. The predicted molar refractivity (Wildman–Crippen MR) is 95.5 cm³/mol. The Labute approximate surface area is 139 Å². The molecule has 0 bridgehead atoms. The van der Waals surface area contributed by atoms with Crippen LogP contribution in [0.25, 0.3) is 0 Å². The standard InChI is InChI=1S/C17H19ClIN/c1-3-10-20-17(13-6-4-12(2)5-7-13)14-8-9-16(19)15(18)11-14/h4-9,11,17,20H,3,10H2,1-2H3. The summed E-state index contributed by atoms with van der Waals surface area (Å²) in [7, 11) is 0. The third-order valence-corrected chi connectivity index (χ3v) is 4.86. The maximum Gasteiger partial charge on any atom is 0.0577 e. The van der Waals surface area contributed by atoms with Gasteiger partial charge in [0.2, 0.25) is 0 Å². The van der Waals surface area contributed by atoms with Crippen LogP contribution in [0.4, 0.5) is 0 Å². The van der Waals surface area contributed by atoms with Crippen molar-refractivity contribution in [2.45, 2.75) is 26.3 Å². The fourth-order valence-corrected chi connectivity index (χ4v) is 2.69. The third kappa shape index (κ3) is 3.96. The molecule has 1 atom stereocenters. The quantitative estimate of drug-likeness (QED) is 0.669. The van der Waals surface area contributed by atoms with E-state index in [1.807, 2.05) is 0 Å². The molecule has 3 heteroatoms. The molecular weight excluding hydrogens is 381 g/mol. The second-order valence-corrected chi connectivity index (χ2v) is 6.54. The van der Waals surface area contributed by atoms with Gasteiger partial charge in [-0.1, -0.05) is 54.4 Å². The number of hydrogen-bond acceptors (Lipinski definition) is 1. The third-order valence-electron chi connectivity index (χ3n) is 3.29. The molecule has 2 rings (SSSR count). The van der Waals surface area contributed by atoms with Crippen molar-refractivity contribution < 1.29 is 0 Å². The molecular formula is C17H19ClIN. The second kappa shape index (κ2) is 7.43. The van der Waals surface area contributed by atoms with E-state index in [2.05, 4.69) is 84.2 Å². The fourth-order valence-electron chi connectivity index (χ4n) is 2.17. The van der Waals surface area contributed by atoms with E-state index in [0.717, 1.165) is 21.6 Å². The lowest BCUT2D eigenvalue weighted by atomic mass is 9.98. The molecule has 0 fully saturated rings. The van der Waals surface area contributed by atoms with Gasteiger partial charge in [-0.15, -0.1) is 0 Å². The Balaban J connectivity index is 2.35. The van der Waals surface area contributed by atoms with Crippen molar-refractivity contribution in [1.29, 1.82) is 0 Å². The molecule has 2 aromatic rings. The molecule has 0 aliphatic rings. The van der Waals surface area contributed by atoms with Gasteiger partial charge in [-0.05, 0) is 65.7 Å². The summed E-state index contributed by atoms with van der Waals surface area (Å²) in [5.74, 6) is 0. The van der Waals surface area contributed by atoms with E-state index in [1.54, 1.807) is 0 Å². The highest BCUT2D eigenvalue weighted by atomic mass is 127. The van der Waals surface area contributed by atoms with E-state index >= 15 is 0 Å². The van der Waals surface area contributed by atoms with E-state index in [4.69, 9.17) is 11.6 Å². The molecule has 0 aliphatic heterocycles. The fraction of sp³-hybridized carbons (Fsp3) is 0.294. The topological polar surface area (TPSA) is 12.0 Å². The Hall–Kier alpha value is -0.580. The van der Waals surface area contributed by atoms with E-state index in [9.17, 15) is 0 Å². The summed E-state index contributed by atoms with van der Waals surface area (Å²) < 4.78 is 1.09. The van der Waals surface area contributed by atoms with Gasteiger partial charge < -0.3 is 5.32 Å². The van der Waals surface area contributed by atoms with Crippen molar-refractivity contribution in [3.05, 3.63) is 67.7 Å². The summed E-state index contributed by atoms with van der Waals surface area (Å²) in [5, 5.41) is 4.43. The average Bonchev–Trinajstić information content (AvgIpc) is 2.45. The van der Waals surface area contributed by atoms with E-state index in [1.165, 1.54) is 16.7 Å². The minimum absolute atomic E-state index is 0.199. The van der Waals surface area contributed by atoms with E-state index in [-0.39, 0.29) is 6.04 Å². The minimum atomic E-state index is 0.199. The van der Waals surface area contributed by atoms with Crippen LogP contribution in [0, 0.1) is 10.5 Å². The van der Waals surface area contributed by atoms with Crippen LogP contribution in [0.2, 0.25) is 5.02 Å².